The molecule has 0 amide bonds. The molecule has 6 nitrogen and oxygen atoms in total. The molecule has 7 heteroatoms. The molecule has 0 unspecified atom stereocenters. The number of nitrogens with zero attached hydrogens (tertiary/aromatic N) is 5. The molecule has 0 aliphatic carbocycles. The first kappa shape index (κ1) is 15.1. The van der Waals surface area contributed by atoms with E-state index in [1.54, 1.807) is 13.2 Å². The smallest absolute Gasteiger partial charge is 0.275 e. The van der Waals surface area contributed by atoms with Crippen LogP contribution in [-0.4, -0.2) is 28.8 Å². The van der Waals surface area contributed by atoms with Gasteiger partial charge < -0.3 is 14.5 Å². The van der Waals surface area contributed by atoms with Gasteiger partial charge >= 0.3 is 0 Å². The minimum absolute atomic E-state index is 0.317. The van der Waals surface area contributed by atoms with Gasteiger partial charge in [-0.1, -0.05) is 35.4 Å². The van der Waals surface area contributed by atoms with Crippen LogP contribution in [0.15, 0.2) is 36.5 Å². The van der Waals surface area contributed by atoms with Crippen LogP contribution < -0.4 is 9.64 Å². The molecule has 2 heterocycles. The summed E-state index contributed by atoms with van der Waals surface area (Å²) in [5.74, 6) is 1.15. The van der Waals surface area contributed by atoms with Crippen molar-refractivity contribution in [2.45, 2.75) is 6.54 Å². The maximum atomic E-state index is 7.16. The Labute approximate surface area is 138 Å². The van der Waals surface area contributed by atoms with Crippen molar-refractivity contribution in [2.24, 2.45) is 0 Å². The molecule has 116 valence electrons. The molecule has 1 aromatic carbocycles. The van der Waals surface area contributed by atoms with E-state index in [1.165, 1.54) is 10.7 Å². The molecule has 0 aliphatic heterocycles. The summed E-state index contributed by atoms with van der Waals surface area (Å²) in [6, 6.07) is 9.60. The van der Waals surface area contributed by atoms with Gasteiger partial charge in [-0.3, -0.25) is 0 Å². The lowest BCUT2D eigenvalue weighted by Gasteiger charge is -2.19. The van der Waals surface area contributed by atoms with E-state index >= 15 is 0 Å². The molecule has 23 heavy (non-hydrogen) atoms. The molecule has 0 fully saturated rings. The average Bonchev–Trinajstić information content (AvgIpc) is 2.97. The molecule has 0 atom stereocenters. The molecular weight excluding hydrogens is 314 g/mol. The van der Waals surface area contributed by atoms with Gasteiger partial charge in [0, 0.05) is 19.7 Å². The van der Waals surface area contributed by atoms with E-state index in [0.29, 0.717) is 23.2 Å². The molecule has 0 spiro atoms. The lowest BCUT2D eigenvalue weighted by atomic mass is 10.2. The van der Waals surface area contributed by atoms with Gasteiger partial charge in [-0.05, 0) is 17.7 Å². The summed E-state index contributed by atoms with van der Waals surface area (Å²) in [5.41, 5.74) is 2.54. The Balaban J connectivity index is 1.95. The van der Waals surface area contributed by atoms with Crippen LogP contribution in [0.5, 0.6) is 5.75 Å². The number of hydrogen-bond donors (Lipinski definition) is 0. The van der Waals surface area contributed by atoms with Crippen molar-refractivity contribution >= 4 is 28.8 Å². The lowest BCUT2D eigenvalue weighted by molar-refractivity contribution is 0.414. The minimum Gasteiger partial charge on any atom is -0.497 e. The minimum atomic E-state index is 0.317. The Morgan fingerprint density at radius 1 is 1.35 bits per heavy atom. The largest absolute Gasteiger partial charge is 0.497 e. The van der Waals surface area contributed by atoms with Gasteiger partial charge in [0.15, 0.2) is 5.15 Å². The maximum Gasteiger partial charge on any atom is 0.275 e. The second kappa shape index (κ2) is 6.15. The van der Waals surface area contributed by atoms with Crippen molar-refractivity contribution in [2.75, 3.05) is 19.1 Å². The van der Waals surface area contributed by atoms with Crippen LogP contribution in [0.2, 0.25) is 5.15 Å². The Bertz CT molecular complexity index is 882. The van der Waals surface area contributed by atoms with Crippen LogP contribution in [0, 0.1) is 6.57 Å². The van der Waals surface area contributed by atoms with Crippen molar-refractivity contribution in [3.63, 3.8) is 0 Å². The second-order valence-corrected chi connectivity index (χ2v) is 5.41. The highest BCUT2D eigenvalue weighted by molar-refractivity contribution is 6.29. The van der Waals surface area contributed by atoms with Crippen molar-refractivity contribution < 1.29 is 4.74 Å². The van der Waals surface area contributed by atoms with Crippen molar-refractivity contribution in [1.29, 1.82) is 0 Å². The van der Waals surface area contributed by atoms with Gasteiger partial charge in [0.25, 0.3) is 11.5 Å². The summed E-state index contributed by atoms with van der Waals surface area (Å²) >= 11 is 6.09. The third-order valence-electron chi connectivity index (χ3n) is 3.50. The number of anilines is 1. The van der Waals surface area contributed by atoms with E-state index in [9.17, 15) is 0 Å². The first-order valence-electron chi connectivity index (χ1n) is 6.88. The van der Waals surface area contributed by atoms with Crippen LogP contribution in [0.3, 0.4) is 0 Å². The van der Waals surface area contributed by atoms with E-state index < -0.39 is 0 Å². The summed E-state index contributed by atoms with van der Waals surface area (Å²) < 4.78 is 6.63. The van der Waals surface area contributed by atoms with Crippen LogP contribution in [0.1, 0.15) is 5.56 Å². The molecule has 2 aromatic heterocycles. The second-order valence-electron chi connectivity index (χ2n) is 5.02. The van der Waals surface area contributed by atoms with E-state index in [1.807, 2.05) is 36.2 Å². The third kappa shape index (κ3) is 2.91. The lowest BCUT2D eigenvalue weighted by Crippen LogP contribution is -2.17. The van der Waals surface area contributed by atoms with Crippen molar-refractivity contribution in [3.8, 4) is 5.75 Å². The fraction of sp³-hybridized carbons (Fsp3) is 0.188. The summed E-state index contributed by atoms with van der Waals surface area (Å²) in [7, 11) is 3.59. The zero-order chi connectivity index (χ0) is 16.4. The van der Waals surface area contributed by atoms with Gasteiger partial charge in [0.1, 0.15) is 11.4 Å². The van der Waals surface area contributed by atoms with E-state index in [-0.39, 0.29) is 0 Å². The molecule has 0 bridgehead atoms. The standard InChI is InChI=1S/C16H14ClN5O/c1-18-15-9-19-16-13(8-14(17)20-22(15)16)21(2)10-11-4-6-12(23-3)7-5-11/h4-9H,10H2,2-3H3. The molecule has 0 N–H and O–H groups in total. The zero-order valence-electron chi connectivity index (χ0n) is 12.7. The molecule has 3 rings (SSSR count). The van der Waals surface area contributed by atoms with Crippen LogP contribution in [0.4, 0.5) is 11.5 Å². The average molecular weight is 328 g/mol. The first-order valence-corrected chi connectivity index (χ1v) is 7.26. The topological polar surface area (TPSA) is 47.0 Å². The number of methoxy groups -OCH3 is 1. The number of ether oxygens (including phenoxy) is 1. The van der Waals surface area contributed by atoms with Crippen molar-refractivity contribution in [1.82, 2.24) is 14.6 Å². The first-order chi connectivity index (χ1) is 11.1. The molecular formula is C16H14ClN5O. The molecule has 0 aliphatic rings. The van der Waals surface area contributed by atoms with Crippen molar-refractivity contribution in [3.05, 3.63) is 58.7 Å². The summed E-state index contributed by atoms with van der Waals surface area (Å²) in [6.45, 7) is 7.83. The SMILES string of the molecule is [C-]#[N+]c1cnc2c(N(C)Cc3ccc(OC)cc3)cc(Cl)nn12. The summed E-state index contributed by atoms with van der Waals surface area (Å²) in [6.07, 6.45) is 1.50. The monoisotopic (exact) mass is 327 g/mol. The fourth-order valence-electron chi connectivity index (χ4n) is 2.36. The Kier molecular flexibility index (Phi) is 4.04. The quantitative estimate of drug-likeness (QED) is 0.687. The number of benzene rings is 1. The van der Waals surface area contributed by atoms with Crippen LogP contribution in [-0.2, 0) is 6.54 Å². The molecule has 0 saturated carbocycles. The zero-order valence-corrected chi connectivity index (χ0v) is 13.4. The van der Waals surface area contributed by atoms with E-state index in [0.717, 1.165) is 17.0 Å². The highest BCUT2D eigenvalue weighted by Crippen LogP contribution is 2.27. The highest BCUT2D eigenvalue weighted by atomic mass is 35.5. The maximum absolute atomic E-state index is 7.16. The normalized spacial score (nSPS) is 10.5. The number of rotatable bonds is 4. The molecule has 0 radical (unpaired) electrons. The third-order valence-corrected chi connectivity index (χ3v) is 3.69. The fourth-order valence-corrected chi connectivity index (χ4v) is 2.54. The number of aromatic nitrogens is 3. The van der Waals surface area contributed by atoms with Gasteiger partial charge in [-0.25, -0.2) is 4.98 Å². The number of halogens is 1. The van der Waals surface area contributed by atoms with Crippen LogP contribution in [0.25, 0.3) is 10.5 Å². The van der Waals surface area contributed by atoms with E-state index in [2.05, 4.69) is 14.9 Å². The van der Waals surface area contributed by atoms with Gasteiger partial charge in [-0.15, -0.1) is 4.52 Å². The molecule has 0 saturated heterocycles. The highest BCUT2D eigenvalue weighted by Gasteiger charge is 2.16. The number of hydrogen-bond acceptors (Lipinski definition) is 4. The van der Waals surface area contributed by atoms with Gasteiger partial charge in [-0.2, -0.15) is 0 Å². The predicted molar refractivity (Wildman–Crippen MR) is 89.4 cm³/mol. The Hall–Kier alpha value is -2.78. The van der Waals surface area contributed by atoms with Gasteiger partial charge in [0.2, 0.25) is 0 Å². The van der Waals surface area contributed by atoms with E-state index in [4.69, 9.17) is 22.9 Å². The Morgan fingerprint density at radius 2 is 2.09 bits per heavy atom. The summed E-state index contributed by atoms with van der Waals surface area (Å²) in [5, 5.41) is 4.46. The summed E-state index contributed by atoms with van der Waals surface area (Å²) in [4.78, 5) is 9.71. The number of fused-ring (bicyclic) bond motifs is 1. The molecule has 3 aromatic rings. The number of imidazole rings is 1. The Morgan fingerprint density at radius 3 is 2.74 bits per heavy atom. The van der Waals surface area contributed by atoms with Gasteiger partial charge in [0.05, 0.1) is 13.3 Å². The van der Waals surface area contributed by atoms with Crippen LogP contribution >= 0.6 is 11.6 Å². The predicted octanol–water partition coefficient (Wildman–Crippen LogP) is 3.58.